The Hall–Kier alpha value is 1.02. The highest BCUT2D eigenvalue weighted by atomic mass is 35.5. The number of hydrogen-bond donors (Lipinski definition) is 0. The Labute approximate surface area is 200 Å². The molecule has 1 aliphatic heterocycles. The maximum atomic E-state index is 12.5. The van der Waals surface area contributed by atoms with Crippen LogP contribution in [0.15, 0.2) is 0 Å². The number of carbonyl (C=O) groups is 3. The van der Waals surface area contributed by atoms with Crippen molar-refractivity contribution in [3.8, 4) is 0 Å². The van der Waals surface area contributed by atoms with Crippen molar-refractivity contribution in [3.05, 3.63) is 0 Å². The highest BCUT2D eigenvalue weighted by Gasteiger charge is 2.47. The van der Waals surface area contributed by atoms with Gasteiger partial charge in [-0.2, -0.15) is 0 Å². The summed E-state index contributed by atoms with van der Waals surface area (Å²) in [6, 6.07) is 0. The number of alkyl halides is 9. The summed E-state index contributed by atoms with van der Waals surface area (Å²) in [7, 11) is 0. The molecule has 0 atom stereocenters. The number of rotatable bonds is 6. The van der Waals surface area contributed by atoms with Crippen LogP contribution in [0.1, 0.15) is 0 Å². The zero-order chi connectivity index (χ0) is 21.2. The minimum atomic E-state index is -2.00. The maximum absolute atomic E-state index is 12.5. The van der Waals surface area contributed by atoms with Crippen molar-refractivity contribution in [1.29, 1.82) is 0 Å². The third kappa shape index (κ3) is 6.25. The second kappa shape index (κ2) is 9.88. The number of nitrogens with zero attached hydrogens (tertiary/aromatic N) is 3. The Morgan fingerprint density at radius 2 is 0.741 bits per heavy atom. The van der Waals surface area contributed by atoms with E-state index < -0.39 is 48.4 Å². The molecule has 0 aromatic heterocycles. The lowest BCUT2D eigenvalue weighted by Gasteiger charge is -2.45. The number of halogens is 9. The molecular weight excluding hydrogens is 553 g/mol. The monoisotopic (exact) mass is 561 g/mol. The summed E-state index contributed by atoms with van der Waals surface area (Å²) in [5.74, 6) is -3.92. The van der Waals surface area contributed by atoms with Crippen molar-refractivity contribution in [2.75, 3.05) is 37.6 Å². The predicted octanol–water partition coefficient (Wildman–Crippen LogP) is 3.60. The van der Waals surface area contributed by atoms with E-state index in [1.807, 2.05) is 0 Å². The average molecular weight is 565 g/mol. The summed E-state index contributed by atoms with van der Waals surface area (Å²) < 4.78 is -6.00. The average Bonchev–Trinajstić information content (AvgIpc) is 2.65. The second-order valence-corrected chi connectivity index (χ2v) is 10.7. The molecule has 1 rings (SSSR count). The quantitative estimate of drug-likeness (QED) is 0.463. The summed E-state index contributed by atoms with van der Waals surface area (Å²) in [5.41, 5.74) is 0. The first-order chi connectivity index (χ1) is 12.2. The van der Waals surface area contributed by atoms with E-state index >= 15 is 0 Å². The Morgan fingerprint density at radius 1 is 0.556 bits per heavy atom. The van der Waals surface area contributed by atoms with E-state index in [1.54, 1.807) is 0 Å². The molecule has 0 unspecified atom stereocenters. The zero-order valence-corrected chi connectivity index (χ0v) is 20.0. The van der Waals surface area contributed by atoms with E-state index in [0.717, 1.165) is 14.7 Å². The first-order valence-corrected chi connectivity index (χ1v) is 10.8. The van der Waals surface area contributed by atoms with Crippen molar-refractivity contribution in [2.24, 2.45) is 0 Å². The summed E-state index contributed by atoms with van der Waals surface area (Å²) in [4.78, 5) is 40.6. The first kappa shape index (κ1) is 26.1. The normalized spacial score (nSPS) is 16.6. The van der Waals surface area contributed by atoms with Crippen LogP contribution in [0.4, 0.5) is 0 Å². The van der Waals surface area contributed by atoms with Crippen LogP contribution in [0, 0.1) is 0 Å². The van der Waals surface area contributed by atoms with Gasteiger partial charge in [-0.05, 0) is 0 Å². The third-order valence-corrected chi connectivity index (χ3v) is 7.12. The molecule has 0 radical (unpaired) electrons. The summed E-state index contributed by atoms with van der Waals surface area (Å²) >= 11 is 52.1. The first-order valence-electron chi connectivity index (χ1n) is 6.93. The fraction of sp³-hybridized carbons (Fsp3) is 0.750. The smallest absolute Gasteiger partial charge is 0.263 e. The van der Waals surface area contributed by atoms with Gasteiger partial charge in [-0.3, -0.25) is 14.4 Å². The second-order valence-electron chi connectivity index (χ2n) is 5.47. The minimum Gasteiger partial charge on any atom is -0.304 e. The van der Waals surface area contributed by atoms with E-state index in [2.05, 4.69) is 0 Å². The molecule has 0 N–H and O–H groups in total. The molecule has 0 aliphatic carbocycles. The van der Waals surface area contributed by atoms with Crippen LogP contribution in [0.2, 0.25) is 0 Å². The van der Waals surface area contributed by atoms with E-state index in [0.29, 0.717) is 0 Å². The Kier molecular flexibility index (Phi) is 9.54. The highest BCUT2D eigenvalue weighted by molar-refractivity contribution is 6.62. The van der Waals surface area contributed by atoms with Crippen LogP contribution in [0.25, 0.3) is 0 Å². The van der Waals surface area contributed by atoms with Crippen LogP contribution >= 0.6 is 104 Å². The van der Waals surface area contributed by atoms with Crippen LogP contribution in [-0.4, -0.2) is 83.1 Å². The van der Waals surface area contributed by atoms with E-state index in [9.17, 15) is 14.4 Å². The Morgan fingerprint density at radius 3 is 0.889 bits per heavy atom. The van der Waals surface area contributed by atoms with E-state index in [4.69, 9.17) is 104 Å². The molecule has 3 amide bonds. The molecular formula is C12H12Cl9N3O3. The van der Waals surface area contributed by atoms with Gasteiger partial charge in [0.15, 0.2) is 0 Å². The SMILES string of the molecule is O=C(N1CN(C(=O)C(Cl)(Cl)CCl)CN(C(=O)C(Cl)(Cl)CCl)C1)C(Cl)(Cl)CCl. The van der Waals surface area contributed by atoms with Crippen molar-refractivity contribution in [1.82, 2.24) is 14.7 Å². The zero-order valence-electron chi connectivity index (χ0n) is 13.2. The standard InChI is InChI=1S/C12H12Cl9N3O3/c13-1-10(16,17)7(25)22-4-23(8(26)11(18,19)2-14)6-24(5-22)9(27)12(20,21)3-15/h1-6H2. The minimum absolute atomic E-state index is 0.337. The lowest BCUT2D eigenvalue weighted by Crippen LogP contribution is -2.65. The molecule has 0 aromatic carbocycles. The van der Waals surface area contributed by atoms with Gasteiger partial charge in [0, 0.05) is 0 Å². The number of carbonyl (C=O) groups excluding carboxylic acids is 3. The van der Waals surface area contributed by atoms with Crippen LogP contribution in [0.5, 0.6) is 0 Å². The molecule has 27 heavy (non-hydrogen) atoms. The predicted molar refractivity (Wildman–Crippen MR) is 111 cm³/mol. The Balaban J connectivity index is 3.22. The van der Waals surface area contributed by atoms with Crippen LogP contribution in [-0.2, 0) is 14.4 Å². The van der Waals surface area contributed by atoms with Crippen molar-refractivity contribution in [2.45, 2.75) is 13.0 Å². The fourth-order valence-corrected chi connectivity index (χ4v) is 3.06. The molecule has 15 heteroatoms. The summed E-state index contributed by atoms with van der Waals surface area (Å²) in [6.07, 6.45) is 0. The van der Waals surface area contributed by atoms with Gasteiger partial charge in [-0.25, -0.2) is 0 Å². The number of amides is 3. The van der Waals surface area contributed by atoms with Crippen LogP contribution < -0.4 is 0 Å². The van der Waals surface area contributed by atoms with Gasteiger partial charge in [0.25, 0.3) is 17.7 Å². The van der Waals surface area contributed by atoms with Gasteiger partial charge in [-0.15, -0.1) is 34.8 Å². The van der Waals surface area contributed by atoms with Gasteiger partial charge < -0.3 is 14.7 Å². The van der Waals surface area contributed by atoms with Crippen molar-refractivity contribution < 1.29 is 14.4 Å². The van der Waals surface area contributed by atoms with Crippen LogP contribution in [0.3, 0.4) is 0 Å². The van der Waals surface area contributed by atoms with Crippen molar-refractivity contribution >= 4 is 122 Å². The molecule has 0 aromatic rings. The molecule has 1 saturated heterocycles. The fourth-order valence-electron chi connectivity index (χ4n) is 2.00. The van der Waals surface area contributed by atoms with Gasteiger partial charge in [-0.1, -0.05) is 69.6 Å². The summed E-state index contributed by atoms with van der Waals surface area (Å²) in [5, 5.41) is 0. The van der Waals surface area contributed by atoms with Gasteiger partial charge in [0.2, 0.25) is 13.0 Å². The molecule has 1 fully saturated rings. The molecule has 156 valence electrons. The van der Waals surface area contributed by atoms with Gasteiger partial charge in [0.1, 0.15) is 0 Å². The third-order valence-electron chi connectivity index (χ3n) is 3.33. The van der Waals surface area contributed by atoms with E-state index in [-0.39, 0.29) is 20.0 Å². The molecule has 0 saturated carbocycles. The van der Waals surface area contributed by atoms with Gasteiger partial charge >= 0.3 is 0 Å². The molecule has 0 bridgehead atoms. The molecule has 1 aliphatic rings. The highest BCUT2D eigenvalue weighted by Crippen LogP contribution is 2.32. The molecule has 1 heterocycles. The summed E-state index contributed by atoms with van der Waals surface area (Å²) in [6.45, 7) is -1.01. The largest absolute Gasteiger partial charge is 0.304 e. The Bertz CT molecular complexity index is 515. The van der Waals surface area contributed by atoms with Crippen molar-refractivity contribution in [3.63, 3.8) is 0 Å². The number of hydrogen-bond acceptors (Lipinski definition) is 3. The lowest BCUT2D eigenvalue weighted by atomic mass is 10.3. The topological polar surface area (TPSA) is 60.9 Å². The van der Waals surface area contributed by atoms with E-state index in [1.165, 1.54) is 0 Å². The molecule has 6 nitrogen and oxygen atoms in total. The lowest BCUT2D eigenvalue weighted by molar-refractivity contribution is -0.159. The van der Waals surface area contributed by atoms with Gasteiger partial charge in [0.05, 0.1) is 37.6 Å². The maximum Gasteiger partial charge on any atom is 0.263 e. The molecule has 0 spiro atoms.